The molecule has 0 saturated carbocycles. The van der Waals surface area contributed by atoms with Crippen molar-refractivity contribution in [3.05, 3.63) is 53.6 Å². The van der Waals surface area contributed by atoms with Gasteiger partial charge in [0.1, 0.15) is 11.5 Å². The number of benzene rings is 2. The summed E-state index contributed by atoms with van der Waals surface area (Å²) < 4.78 is 38.1. The van der Waals surface area contributed by atoms with Crippen molar-refractivity contribution in [2.75, 3.05) is 38.8 Å². The van der Waals surface area contributed by atoms with Gasteiger partial charge >= 0.3 is 0 Å². The third-order valence-electron chi connectivity index (χ3n) is 5.96. The van der Waals surface area contributed by atoms with Crippen LogP contribution in [-0.4, -0.2) is 52.5 Å². The molecule has 0 spiro atoms. The van der Waals surface area contributed by atoms with Gasteiger partial charge in [0.15, 0.2) is 0 Å². The Morgan fingerprint density at radius 3 is 2.28 bits per heavy atom. The minimum absolute atomic E-state index is 0.155. The number of hydrogen-bond acceptors (Lipinski definition) is 5. The molecule has 0 radical (unpaired) electrons. The average molecular weight is 457 g/mol. The van der Waals surface area contributed by atoms with Gasteiger partial charge in [-0.05, 0) is 66.8 Å². The van der Waals surface area contributed by atoms with E-state index in [9.17, 15) is 13.2 Å². The molecule has 2 aromatic rings. The van der Waals surface area contributed by atoms with Crippen LogP contribution in [0.5, 0.6) is 11.5 Å². The van der Waals surface area contributed by atoms with Crippen molar-refractivity contribution in [3.8, 4) is 11.5 Å². The zero-order valence-corrected chi connectivity index (χ0v) is 19.2. The smallest absolute Gasteiger partial charge is 0.251 e. The Labute approximate surface area is 189 Å². The average Bonchev–Trinajstić information content (AvgIpc) is 3.26. The minimum Gasteiger partial charge on any atom is -0.497 e. The number of hydrogen-bond donors (Lipinski definition) is 0. The molecule has 1 saturated heterocycles. The number of amides is 1. The largest absolute Gasteiger partial charge is 0.497 e. The maximum absolute atomic E-state index is 13.0. The van der Waals surface area contributed by atoms with Crippen LogP contribution >= 0.6 is 0 Å². The molecule has 32 heavy (non-hydrogen) atoms. The predicted octanol–water partition coefficient (Wildman–Crippen LogP) is 3.48. The van der Waals surface area contributed by atoms with Gasteiger partial charge < -0.3 is 14.4 Å². The van der Waals surface area contributed by atoms with E-state index in [1.165, 1.54) is 6.08 Å². The van der Waals surface area contributed by atoms with Gasteiger partial charge in [-0.25, -0.2) is 8.42 Å². The molecule has 4 rings (SSSR count). The van der Waals surface area contributed by atoms with Crippen LogP contribution in [-0.2, 0) is 21.2 Å². The molecule has 0 unspecified atom stereocenters. The first-order valence-electron chi connectivity index (χ1n) is 10.8. The first kappa shape index (κ1) is 22.4. The van der Waals surface area contributed by atoms with Crippen LogP contribution in [0.15, 0.2) is 47.4 Å². The fourth-order valence-corrected chi connectivity index (χ4v) is 5.77. The van der Waals surface area contributed by atoms with E-state index in [-0.39, 0.29) is 5.91 Å². The number of methoxy groups -OCH3 is 2. The van der Waals surface area contributed by atoms with E-state index in [2.05, 4.69) is 0 Å². The number of carbonyl (C=O) groups excluding carboxylic acids is 1. The molecule has 0 N–H and O–H groups in total. The lowest BCUT2D eigenvalue weighted by atomic mass is 10.1. The topological polar surface area (TPSA) is 76.2 Å². The quantitative estimate of drug-likeness (QED) is 0.622. The van der Waals surface area contributed by atoms with Crippen molar-refractivity contribution in [2.24, 2.45) is 0 Å². The molecule has 2 aliphatic heterocycles. The first-order valence-corrected chi connectivity index (χ1v) is 12.2. The van der Waals surface area contributed by atoms with Gasteiger partial charge in [0.05, 0.1) is 19.1 Å². The Morgan fingerprint density at radius 1 is 0.938 bits per heavy atom. The Kier molecular flexibility index (Phi) is 6.53. The van der Waals surface area contributed by atoms with Gasteiger partial charge in [0.2, 0.25) is 10.0 Å². The van der Waals surface area contributed by atoms with Gasteiger partial charge in [0.25, 0.3) is 5.91 Å². The highest BCUT2D eigenvalue weighted by Gasteiger charge is 2.29. The predicted molar refractivity (Wildman–Crippen MR) is 124 cm³/mol. The molecule has 0 aliphatic carbocycles. The van der Waals surface area contributed by atoms with Gasteiger partial charge in [-0.3, -0.25) is 4.79 Å². The van der Waals surface area contributed by atoms with Gasteiger partial charge in [-0.1, -0.05) is 6.42 Å². The molecule has 1 amide bonds. The van der Waals surface area contributed by atoms with Crippen LogP contribution in [0.4, 0.5) is 5.69 Å². The summed E-state index contributed by atoms with van der Waals surface area (Å²) >= 11 is 0. The number of anilines is 1. The third kappa shape index (κ3) is 4.52. The SMILES string of the molecule is COc1cc(/C=C/C(=O)N2CCc3cc(S(=O)(=O)N4CCCCC4)ccc32)cc(OC)c1. The molecule has 0 atom stereocenters. The second-order valence-corrected chi connectivity index (χ2v) is 9.91. The van der Waals surface area contributed by atoms with Crippen LogP contribution in [0.1, 0.15) is 30.4 Å². The van der Waals surface area contributed by atoms with Crippen LogP contribution in [0.25, 0.3) is 6.08 Å². The van der Waals surface area contributed by atoms with Gasteiger partial charge in [0, 0.05) is 37.5 Å². The molecule has 0 bridgehead atoms. The fraction of sp³-hybridized carbons (Fsp3) is 0.375. The van der Waals surface area contributed by atoms with Crippen LogP contribution in [0.3, 0.4) is 0 Å². The van der Waals surface area contributed by atoms with Crippen molar-refractivity contribution < 1.29 is 22.7 Å². The van der Waals surface area contributed by atoms with E-state index in [1.54, 1.807) is 53.8 Å². The number of piperidine rings is 1. The lowest BCUT2D eigenvalue weighted by molar-refractivity contribution is -0.114. The van der Waals surface area contributed by atoms with E-state index in [1.807, 2.05) is 12.1 Å². The Balaban J connectivity index is 1.52. The molecular formula is C24H28N2O5S. The number of fused-ring (bicyclic) bond motifs is 1. The summed E-state index contributed by atoms with van der Waals surface area (Å²) in [6, 6.07) is 10.5. The summed E-state index contributed by atoms with van der Waals surface area (Å²) in [4.78, 5) is 14.9. The van der Waals surface area contributed by atoms with E-state index in [4.69, 9.17) is 9.47 Å². The zero-order valence-electron chi connectivity index (χ0n) is 18.4. The van der Waals surface area contributed by atoms with E-state index < -0.39 is 10.0 Å². The summed E-state index contributed by atoms with van der Waals surface area (Å²) in [7, 11) is -0.333. The van der Waals surface area contributed by atoms with E-state index >= 15 is 0 Å². The molecule has 2 heterocycles. The van der Waals surface area contributed by atoms with Crippen LogP contribution < -0.4 is 14.4 Å². The zero-order chi connectivity index (χ0) is 22.7. The molecule has 2 aromatic carbocycles. The highest BCUT2D eigenvalue weighted by molar-refractivity contribution is 7.89. The molecule has 8 heteroatoms. The molecule has 0 aromatic heterocycles. The summed E-state index contributed by atoms with van der Waals surface area (Å²) in [5.41, 5.74) is 2.44. The highest BCUT2D eigenvalue weighted by Crippen LogP contribution is 2.32. The minimum atomic E-state index is -3.49. The highest BCUT2D eigenvalue weighted by atomic mass is 32.2. The number of sulfonamides is 1. The second-order valence-electron chi connectivity index (χ2n) is 7.97. The lowest BCUT2D eigenvalue weighted by Gasteiger charge is -2.26. The van der Waals surface area contributed by atoms with Crippen molar-refractivity contribution in [3.63, 3.8) is 0 Å². The Bertz CT molecular complexity index is 1110. The van der Waals surface area contributed by atoms with Gasteiger partial charge in [-0.15, -0.1) is 0 Å². The van der Waals surface area contributed by atoms with E-state index in [0.717, 1.165) is 36.1 Å². The summed E-state index contributed by atoms with van der Waals surface area (Å²) in [6.07, 6.45) is 6.74. The molecule has 7 nitrogen and oxygen atoms in total. The summed E-state index contributed by atoms with van der Waals surface area (Å²) in [5, 5.41) is 0. The van der Waals surface area contributed by atoms with Crippen molar-refractivity contribution in [2.45, 2.75) is 30.6 Å². The van der Waals surface area contributed by atoms with Crippen LogP contribution in [0, 0.1) is 0 Å². The van der Waals surface area contributed by atoms with Crippen LogP contribution in [0.2, 0.25) is 0 Å². The molecule has 170 valence electrons. The fourth-order valence-electron chi connectivity index (χ4n) is 4.20. The van der Waals surface area contributed by atoms with E-state index in [0.29, 0.717) is 42.4 Å². The second kappa shape index (κ2) is 9.34. The Hall–Kier alpha value is -2.84. The first-order chi connectivity index (χ1) is 15.4. The Morgan fingerprint density at radius 2 is 1.62 bits per heavy atom. The lowest BCUT2D eigenvalue weighted by Crippen LogP contribution is -2.35. The summed E-state index contributed by atoms with van der Waals surface area (Å²) in [5.74, 6) is 1.13. The number of ether oxygens (including phenoxy) is 2. The normalized spacial score (nSPS) is 16.9. The monoisotopic (exact) mass is 456 g/mol. The number of carbonyl (C=O) groups is 1. The number of nitrogens with zero attached hydrogens (tertiary/aromatic N) is 2. The van der Waals surface area contributed by atoms with Gasteiger partial charge in [-0.2, -0.15) is 4.31 Å². The summed E-state index contributed by atoms with van der Waals surface area (Å²) in [6.45, 7) is 1.67. The third-order valence-corrected chi connectivity index (χ3v) is 7.85. The standard InChI is InChI=1S/C24H28N2O5S/c1-30-20-14-18(15-21(17-20)31-2)6-9-24(27)26-13-10-19-16-22(7-8-23(19)26)32(28,29)25-11-4-3-5-12-25/h6-9,14-17H,3-5,10-13H2,1-2H3/b9-6+. The van der Waals surface area contributed by atoms with Crippen molar-refractivity contribution in [1.82, 2.24) is 4.31 Å². The molecular weight excluding hydrogens is 428 g/mol. The maximum Gasteiger partial charge on any atom is 0.251 e. The molecule has 2 aliphatic rings. The maximum atomic E-state index is 13.0. The molecule has 1 fully saturated rings. The van der Waals surface area contributed by atoms with Crippen molar-refractivity contribution in [1.29, 1.82) is 0 Å². The van der Waals surface area contributed by atoms with Crippen molar-refractivity contribution >= 4 is 27.7 Å². The number of rotatable bonds is 6.